The first-order chi connectivity index (χ1) is 29.2. The molecule has 0 fully saturated rings. The van der Waals surface area contributed by atoms with Crippen molar-refractivity contribution in [3.63, 3.8) is 0 Å². The second kappa shape index (κ2) is 37.2. The molecule has 0 aliphatic rings. The fraction of sp³-hybridized carbons (Fsp3) is 0.521. The number of aliphatic hydroxyl groups excluding tert-OH is 1. The zero-order valence-electron chi connectivity index (χ0n) is 38.7. The summed E-state index contributed by atoms with van der Waals surface area (Å²) in [5, 5.41) is 18.0. The van der Waals surface area contributed by atoms with Crippen molar-refractivity contribution in [3.8, 4) is 0 Å². The Hall–Kier alpha value is -2.76. The van der Waals surface area contributed by atoms with Crippen molar-refractivity contribution < 1.29 is 43.3 Å². The lowest BCUT2D eigenvalue weighted by atomic mass is 10.1. The van der Waals surface area contributed by atoms with Crippen LogP contribution in [0.5, 0.6) is 0 Å². The molecule has 0 aliphatic carbocycles. The van der Waals surface area contributed by atoms with Gasteiger partial charge in [-0.15, -0.1) is 31.8 Å². The Morgan fingerprint density at radius 2 is 0.954 bits per heavy atom. The lowest BCUT2D eigenvalue weighted by Crippen LogP contribution is -2.33. The van der Waals surface area contributed by atoms with Gasteiger partial charge in [-0.3, -0.25) is 9.59 Å². The normalized spacial score (nSPS) is 10.7. The van der Waals surface area contributed by atoms with Gasteiger partial charge in [0.15, 0.2) is 11.6 Å². The summed E-state index contributed by atoms with van der Waals surface area (Å²) >= 11 is 13.9. The lowest BCUT2D eigenvalue weighted by molar-refractivity contribution is 0.0508. The first-order valence-electron chi connectivity index (χ1n) is 20.1. The average molecular weight is 1190 g/mol. The molecule has 0 bridgehead atoms. The van der Waals surface area contributed by atoms with Crippen molar-refractivity contribution in [1.82, 2.24) is 16.0 Å². The molecule has 3 amide bonds. The number of aliphatic hydroxyl groups is 1. The second-order valence-electron chi connectivity index (χ2n) is 16.5. The number of halogens is 4. The molecule has 0 aromatic heterocycles. The van der Waals surface area contributed by atoms with E-state index in [0.29, 0.717) is 24.1 Å². The average Bonchev–Trinajstić information content (AvgIpc) is 3.14. The van der Waals surface area contributed by atoms with E-state index in [9.17, 15) is 29.1 Å². The minimum Gasteiger partial charge on any atom is -0.444 e. The van der Waals surface area contributed by atoms with Gasteiger partial charge in [0.2, 0.25) is 0 Å². The van der Waals surface area contributed by atoms with Crippen LogP contribution in [0.2, 0.25) is 0 Å². The Balaban J connectivity index is -0.000000398. The summed E-state index contributed by atoms with van der Waals surface area (Å²) in [4.78, 5) is 57.9. The summed E-state index contributed by atoms with van der Waals surface area (Å²) in [6.07, 6.45) is -1.04. The first kappa shape index (κ1) is 68.8. The van der Waals surface area contributed by atoms with Crippen molar-refractivity contribution in [3.05, 3.63) is 102 Å². The van der Waals surface area contributed by atoms with E-state index in [0.717, 1.165) is 26.8 Å². The van der Waals surface area contributed by atoms with Gasteiger partial charge in [0.05, 0.1) is 11.4 Å². The van der Waals surface area contributed by atoms with Gasteiger partial charge in [0.1, 0.15) is 16.8 Å². The Labute approximate surface area is 429 Å². The molecule has 3 rings (SSSR count). The van der Waals surface area contributed by atoms with E-state index in [-0.39, 0.29) is 57.7 Å². The van der Waals surface area contributed by atoms with Crippen LogP contribution in [0.4, 0.5) is 14.4 Å². The predicted molar refractivity (Wildman–Crippen MR) is 290 cm³/mol. The van der Waals surface area contributed by atoms with Gasteiger partial charge in [-0.1, -0.05) is 62.9 Å². The number of ketones is 2. The van der Waals surface area contributed by atoms with Gasteiger partial charge >= 0.3 is 18.3 Å². The number of benzene rings is 3. The van der Waals surface area contributed by atoms with Crippen LogP contribution in [0.1, 0.15) is 134 Å². The number of alkyl carbamates (subject to hydrolysis) is 3. The zero-order valence-corrected chi connectivity index (χ0v) is 45.5. The highest BCUT2D eigenvalue weighted by atomic mass is 127. The van der Waals surface area contributed by atoms with E-state index in [1.54, 1.807) is 53.7 Å². The minimum absolute atomic E-state index is 0. The number of aryl methyl sites for hydroxylation is 1. The van der Waals surface area contributed by atoms with Crippen LogP contribution in [0.25, 0.3) is 0 Å². The number of carbonyl (C=O) groups excluding carboxylic acids is 5. The van der Waals surface area contributed by atoms with E-state index in [2.05, 4.69) is 74.5 Å². The van der Waals surface area contributed by atoms with Gasteiger partial charge in [0.25, 0.3) is 0 Å². The monoisotopic (exact) mass is 1190 g/mol. The molecule has 1 unspecified atom stereocenters. The maximum Gasteiger partial charge on any atom is 0.407 e. The minimum atomic E-state index is -0.579. The Morgan fingerprint density at radius 1 is 0.615 bits per heavy atom. The van der Waals surface area contributed by atoms with Crippen LogP contribution in [0.15, 0.2) is 72.8 Å². The van der Waals surface area contributed by atoms with Crippen molar-refractivity contribution in [1.29, 1.82) is 0 Å². The number of nitrogens with one attached hydrogen (secondary N) is 3. The fourth-order valence-corrected chi connectivity index (χ4v) is 5.57. The molecule has 0 spiro atoms. The quantitative estimate of drug-likeness (QED) is 0.0453. The largest absolute Gasteiger partial charge is 0.444 e. The number of hydrogen-bond donors (Lipinski definition) is 4. The van der Waals surface area contributed by atoms with E-state index in [1.807, 2.05) is 88.4 Å². The van der Waals surface area contributed by atoms with Crippen molar-refractivity contribution in [2.75, 3.05) is 38.3 Å². The predicted octanol–water partition coefficient (Wildman–Crippen LogP) is 13.3. The van der Waals surface area contributed by atoms with Crippen LogP contribution in [0.3, 0.4) is 0 Å². The molecule has 0 saturated carbocycles. The van der Waals surface area contributed by atoms with E-state index < -0.39 is 41.2 Å². The lowest BCUT2D eigenvalue weighted by Gasteiger charge is -2.20. The number of rotatable bonds is 12. The summed E-state index contributed by atoms with van der Waals surface area (Å²) < 4.78 is 17.4. The van der Waals surface area contributed by atoms with Crippen molar-refractivity contribution in [2.45, 2.75) is 126 Å². The molecule has 3 aromatic carbocycles. The summed E-state index contributed by atoms with van der Waals surface area (Å²) in [5.41, 5.74) is 1.69. The summed E-state index contributed by atoms with van der Waals surface area (Å²) in [5.74, 6) is 0.0225. The molecule has 370 valence electrons. The maximum atomic E-state index is 11.9. The summed E-state index contributed by atoms with van der Waals surface area (Å²) in [7, 11) is 1.08. The Morgan fingerprint density at radius 3 is 1.31 bits per heavy atom. The zero-order chi connectivity index (χ0) is 48.8. The van der Waals surface area contributed by atoms with Crippen molar-refractivity contribution >= 4 is 107 Å². The van der Waals surface area contributed by atoms with Gasteiger partial charge in [-0.25, -0.2) is 14.4 Å². The van der Waals surface area contributed by atoms with E-state index in [4.69, 9.17) is 37.4 Å². The van der Waals surface area contributed by atoms with Gasteiger partial charge in [-0.05, 0) is 170 Å². The molecule has 0 heterocycles. The highest BCUT2D eigenvalue weighted by molar-refractivity contribution is 14.1. The Kier molecular flexibility index (Phi) is 39.4. The van der Waals surface area contributed by atoms with Crippen LogP contribution in [-0.4, -0.2) is 90.1 Å². The van der Waals surface area contributed by atoms with Crippen LogP contribution in [-0.2, 0) is 14.2 Å². The van der Waals surface area contributed by atoms with Crippen LogP contribution < -0.4 is 16.0 Å². The van der Waals surface area contributed by atoms with Gasteiger partial charge < -0.3 is 35.3 Å². The molecular formula is C48H76Cl2I2N3O9P. The molecule has 65 heavy (non-hydrogen) atoms. The number of hydrogen-bond acceptors (Lipinski definition) is 9. The number of alkyl halides is 2. The smallest absolute Gasteiger partial charge is 0.407 e. The third-order valence-electron chi connectivity index (χ3n) is 6.85. The van der Waals surface area contributed by atoms with Gasteiger partial charge in [0, 0.05) is 50.7 Å². The Bertz CT molecular complexity index is 1730. The van der Waals surface area contributed by atoms with E-state index >= 15 is 0 Å². The molecular weight excluding hydrogens is 1120 g/mol. The fourth-order valence-electron chi connectivity index (χ4n) is 4.46. The number of carbonyl (C=O) groups is 5. The van der Waals surface area contributed by atoms with Crippen LogP contribution >= 0.6 is 77.0 Å². The van der Waals surface area contributed by atoms with Crippen LogP contribution in [0, 0.1) is 14.1 Å². The number of amides is 3. The topological polar surface area (TPSA) is 169 Å². The SMILES string of the molecule is C.C.CC(C)(C)OC(=O)NCCC(=O)c1cccc(I)c1.CC(C)(C)OC(=O)NCCC(O)c1cccc(I)c1.CPC.Cc1cccc(C(=O)CCNC(=O)OC(C)(C)C)c1.ClCCl. The highest BCUT2D eigenvalue weighted by Gasteiger charge is 2.18. The van der Waals surface area contributed by atoms with Gasteiger partial charge in [-0.2, -0.15) is 0 Å². The molecule has 1 atom stereocenters. The molecule has 3 aromatic rings. The number of Topliss-reactive ketones (excluding diaryl/α,β-unsaturated/α-hetero) is 2. The van der Waals surface area contributed by atoms with Crippen molar-refractivity contribution in [2.24, 2.45) is 0 Å². The third kappa shape index (κ3) is 41.2. The highest BCUT2D eigenvalue weighted by Crippen LogP contribution is 2.18. The molecule has 17 heteroatoms. The summed E-state index contributed by atoms with van der Waals surface area (Å²) in [6, 6.07) is 22.5. The molecule has 0 saturated heterocycles. The summed E-state index contributed by atoms with van der Waals surface area (Å²) in [6.45, 7) is 23.4. The maximum absolute atomic E-state index is 11.9. The van der Waals surface area contributed by atoms with E-state index in [1.165, 1.54) is 0 Å². The first-order valence-corrected chi connectivity index (χ1v) is 25.3. The standard InChI is InChI=1S/C15H21NO3.C14H20INO3.C14H18INO3.C2H7P.CH2Cl2.2CH4/c1-11-6-5-7-12(10-11)13(17)8-9-16-14(18)19-15(2,3)4;2*1-14(2,3)19-13(18)16-8-7-12(17)10-5-4-6-11(15)9-10;1-3-2;2-1-3;;/h5-7,10H,8-9H2,1-4H3,(H,16,18);4-6,9,12,17H,7-8H2,1-3H3,(H,16,18);4-6,9H,7-8H2,1-3H3,(H,16,18);3H,1-2H3;1H2;2*1H4. The third-order valence-corrected chi connectivity index (χ3v) is 8.19. The number of ether oxygens (including phenoxy) is 3. The molecule has 4 N–H and O–H groups in total. The molecule has 12 nitrogen and oxygen atoms in total. The second-order valence-corrected chi connectivity index (χ2v) is 20.8. The molecule has 0 aliphatic heterocycles. The molecule has 0 radical (unpaired) electrons.